The molecule has 0 saturated heterocycles. The van der Waals surface area contributed by atoms with Crippen LogP contribution in [0.2, 0.25) is 0 Å². The van der Waals surface area contributed by atoms with E-state index in [0.29, 0.717) is 24.9 Å². The highest BCUT2D eigenvalue weighted by atomic mass is 19.1. The molecular weight excluding hydrogens is 434 g/mol. The number of carbonyl (C=O) groups is 1. The van der Waals surface area contributed by atoms with Gasteiger partial charge < -0.3 is 9.30 Å². The van der Waals surface area contributed by atoms with E-state index in [2.05, 4.69) is 4.98 Å². The van der Waals surface area contributed by atoms with Crippen LogP contribution in [0.25, 0.3) is 11.6 Å². The van der Waals surface area contributed by atoms with Gasteiger partial charge in [0.05, 0.1) is 19.0 Å². The Morgan fingerprint density at radius 3 is 2.32 bits per heavy atom. The van der Waals surface area contributed by atoms with Crippen molar-refractivity contribution in [2.24, 2.45) is 0 Å². The predicted molar refractivity (Wildman–Crippen MR) is 128 cm³/mol. The topological polar surface area (TPSA) is 44.1 Å². The Labute approximate surface area is 197 Å². The van der Waals surface area contributed by atoms with Gasteiger partial charge in [-0.2, -0.15) is 0 Å². The first-order valence-corrected chi connectivity index (χ1v) is 10.9. The van der Waals surface area contributed by atoms with Crippen LogP contribution in [-0.2, 0) is 24.1 Å². The summed E-state index contributed by atoms with van der Waals surface area (Å²) in [6, 6.07) is 18.3. The normalized spacial score (nSPS) is 11.4. The van der Waals surface area contributed by atoms with Crippen LogP contribution in [0.1, 0.15) is 32.6 Å². The molecule has 4 rings (SSSR count). The van der Waals surface area contributed by atoms with E-state index in [9.17, 15) is 13.6 Å². The molecule has 0 atom stereocenters. The number of benzene rings is 3. The van der Waals surface area contributed by atoms with Crippen molar-refractivity contribution in [3.05, 3.63) is 125 Å². The third kappa shape index (κ3) is 5.84. The van der Waals surface area contributed by atoms with Crippen LogP contribution in [0.3, 0.4) is 0 Å². The minimum Gasteiger partial charge on any atom is -0.465 e. The summed E-state index contributed by atoms with van der Waals surface area (Å²) < 4.78 is 33.6. The summed E-state index contributed by atoms with van der Waals surface area (Å²) in [7, 11) is 1.36. The Bertz CT molecular complexity index is 1280. The Morgan fingerprint density at radius 2 is 1.68 bits per heavy atom. The summed E-state index contributed by atoms with van der Waals surface area (Å²) >= 11 is 0. The van der Waals surface area contributed by atoms with E-state index >= 15 is 0 Å². The first-order valence-electron chi connectivity index (χ1n) is 10.9. The van der Waals surface area contributed by atoms with Crippen LogP contribution >= 0.6 is 0 Å². The fourth-order valence-corrected chi connectivity index (χ4v) is 3.79. The van der Waals surface area contributed by atoms with E-state index in [1.54, 1.807) is 36.8 Å². The molecular formula is C28H24F2N2O2. The molecule has 0 aliphatic carbocycles. The SMILES string of the molecule is COC(=O)c1cc(/C=C(\Cn2ccnc2)c2ccc(F)cc2)ccc1CCc1ccc(F)cc1. The second-order valence-corrected chi connectivity index (χ2v) is 7.95. The quantitative estimate of drug-likeness (QED) is 0.241. The maximum atomic E-state index is 13.5. The molecule has 0 bridgehead atoms. The summed E-state index contributed by atoms with van der Waals surface area (Å²) in [4.78, 5) is 16.6. The lowest BCUT2D eigenvalue weighted by Gasteiger charge is -2.12. The molecule has 0 aliphatic rings. The number of ether oxygens (including phenoxy) is 1. The van der Waals surface area contributed by atoms with E-state index < -0.39 is 5.97 Å². The lowest BCUT2D eigenvalue weighted by Crippen LogP contribution is -2.07. The molecule has 0 spiro atoms. The third-order valence-electron chi connectivity index (χ3n) is 5.60. The Hall–Kier alpha value is -4.06. The number of esters is 1. The number of hydrogen-bond acceptors (Lipinski definition) is 3. The molecule has 0 amide bonds. The van der Waals surface area contributed by atoms with Crippen molar-refractivity contribution >= 4 is 17.6 Å². The summed E-state index contributed by atoms with van der Waals surface area (Å²) in [6.45, 7) is 0.533. The van der Waals surface area contributed by atoms with Crippen molar-refractivity contribution < 1.29 is 18.3 Å². The van der Waals surface area contributed by atoms with Gasteiger partial charge >= 0.3 is 5.97 Å². The number of imidazole rings is 1. The molecule has 1 heterocycles. The van der Waals surface area contributed by atoms with Gasteiger partial charge in [0.15, 0.2) is 0 Å². The average molecular weight is 459 g/mol. The van der Waals surface area contributed by atoms with Crippen molar-refractivity contribution in [3.8, 4) is 0 Å². The molecule has 3 aromatic carbocycles. The molecule has 0 radical (unpaired) electrons. The molecule has 4 aromatic rings. The summed E-state index contributed by atoms with van der Waals surface area (Å²) in [5, 5.41) is 0. The van der Waals surface area contributed by atoms with Gasteiger partial charge in [0, 0.05) is 18.9 Å². The minimum atomic E-state index is -0.415. The number of aromatic nitrogens is 2. The molecule has 4 nitrogen and oxygen atoms in total. The van der Waals surface area contributed by atoms with E-state index in [-0.39, 0.29) is 11.6 Å². The molecule has 0 unspecified atom stereocenters. The minimum absolute atomic E-state index is 0.275. The fourth-order valence-electron chi connectivity index (χ4n) is 3.79. The zero-order valence-corrected chi connectivity index (χ0v) is 18.7. The maximum absolute atomic E-state index is 13.5. The molecule has 1 aromatic heterocycles. The van der Waals surface area contributed by atoms with Crippen LogP contribution in [0.4, 0.5) is 8.78 Å². The van der Waals surface area contributed by atoms with Crippen molar-refractivity contribution in [2.75, 3.05) is 7.11 Å². The van der Waals surface area contributed by atoms with Crippen LogP contribution in [0.15, 0.2) is 85.5 Å². The number of methoxy groups -OCH3 is 1. The fraction of sp³-hybridized carbons (Fsp3) is 0.143. The first-order chi connectivity index (χ1) is 16.5. The monoisotopic (exact) mass is 458 g/mol. The largest absolute Gasteiger partial charge is 0.465 e. The Kier molecular flexibility index (Phi) is 7.28. The van der Waals surface area contributed by atoms with E-state index in [1.165, 1.54) is 31.4 Å². The lowest BCUT2D eigenvalue weighted by atomic mass is 9.96. The third-order valence-corrected chi connectivity index (χ3v) is 5.60. The molecule has 0 N–H and O–H groups in total. The standard InChI is InChI=1S/C28H24F2N2O2/c1-34-28(33)27-17-21(3-7-23(27)6-2-20-4-10-25(29)11-5-20)16-24(18-32-15-14-31-19-32)22-8-12-26(30)13-9-22/h3-5,7-17,19H,2,6,18H2,1H3/b24-16+. The number of aryl methyl sites for hydroxylation is 2. The molecule has 34 heavy (non-hydrogen) atoms. The van der Waals surface area contributed by atoms with Gasteiger partial charge in [0.1, 0.15) is 11.6 Å². The Balaban J connectivity index is 1.66. The predicted octanol–water partition coefficient (Wildman–Crippen LogP) is 5.97. The number of allylic oxidation sites excluding steroid dienone is 1. The molecule has 6 heteroatoms. The van der Waals surface area contributed by atoms with Crippen molar-refractivity contribution in [1.82, 2.24) is 9.55 Å². The second kappa shape index (κ2) is 10.7. The van der Waals surface area contributed by atoms with Gasteiger partial charge in [-0.1, -0.05) is 36.4 Å². The molecule has 0 aliphatic heterocycles. The highest BCUT2D eigenvalue weighted by Crippen LogP contribution is 2.24. The number of nitrogens with zero attached hydrogens (tertiary/aromatic N) is 2. The first kappa shape index (κ1) is 23.1. The summed E-state index contributed by atoms with van der Waals surface area (Å²) in [6.07, 6.45) is 8.53. The zero-order valence-electron chi connectivity index (χ0n) is 18.7. The van der Waals surface area contributed by atoms with E-state index in [0.717, 1.165) is 27.8 Å². The van der Waals surface area contributed by atoms with Gasteiger partial charge in [0.2, 0.25) is 0 Å². The van der Waals surface area contributed by atoms with E-state index in [4.69, 9.17) is 4.74 Å². The number of halogens is 2. The van der Waals surface area contributed by atoms with Crippen LogP contribution in [0, 0.1) is 11.6 Å². The highest BCUT2D eigenvalue weighted by molar-refractivity contribution is 5.92. The van der Waals surface area contributed by atoms with Crippen LogP contribution in [-0.4, -0.2) is 22.6 Å². The molecule has 0 fully saturated rings. The number of rotatable bonds is 8. The lowest BCUT2D eigenvalue weighted by molar-refractivity contribution is 0.0599. The van der Waals surface area contributed by atoms with Crippen molar-refractivity contribution in [2.45, 2.75) is 19.4 Å². The summed E-state index contributed by atoms with van der Waals surface area (Å²) in [5.74, 6) is -0.991. The van der Waals surface area contributed by atoms with Crippen LogP contribution < -0.4 is 0 Å². The van der Waals surface area contributed by atoms with E-state index in [1.807, 2.05) is 35.0 Å². The second-order valence-electron chi connectivity index (χ2n) is 7.95. The van der Waals surface area contributed by atoms with Gasteiger partial charge in [-0.3, -0.25) is 0 Å². The Morgan fingerprint density at radius 1 is 0.971 bits per heavy atom. The van der Waals surface area contributed by atoms with Gasteiger partial charge in [-0.05, 0) is 77.1 Å². The molecule has 172 valence electrons. The zero-order chi connectivity index (χ0) is 23.9. The van der Waals surface area contributed by atoms with Gasteiger partial charge in [-0.25, -0.2) is 18.6 Å². The average Bonchev–Trinajstić information content (AvgIpc) is 3.37. The number of carbonyl (C=O) groups excluding carboxylic acids is 1. The number of hydrogen-bond donors (Lipinski definition) is 0. The highest BCUT2D eigenvalue weighted by Gasteiger charge is 2.13. The smallest absolute Gasteiger partial charge is 0.338 e. The van der Waals surface area contributed by atoms with Crippen molar-refractivity contribution in [3.63, 3.8) is 0 Å². The van der Waals surface area contributed by atoms with Gasteiger partial charge in [0.25, 0.3) is 0 Å². The molecule has 0 saturated carbocycles. The summed E-state index contributed by atoms with van der Waals surface area (Å²) in [5.41, 5.74) is 4.96. The maximum Gasteiger partial charge on any atom is 0.338 e. The van der Waals surface area contributed by atoms with Crippen LogP contribution in [0.5, 0.6) is 0 Å². The van der Waals surface area contributed by atoms with Gasteiger partial charge in [-0.15, -0.1) is 0 Å². The van der Waals surface area contributed by atoms with Crippen molar-refractivity contribution in [1.29, 1.82) is 0 Å².